The van der Waals surface area contributed by atoms with E-state index in [0.29, 0.717) is 22.4 Å². The van der Waals surface area contributed by atoms with E-state index in [-0.39, 0.29) is 5.91 Å². The zero-order valence-electron chi connectivity index (χ0n) is 14.2. The largest absolute Gasteiger partial charge is 0.493 e. The van der Waals surface area contributed by atoms with Crippen LogP contribution in [-0.2, 0) is 0 Å². The lowest BCUT2D eigenvalue weighted by Gasteiger charge is -2.10. The van der Waals surface area contributed by atoms with Gasteiger partial charge in [0.05, 0.1) is 19.9 Å². The number of aromatic nitrogens is 1. The fraction of sp³-hybridized carbons (Fsp3) is 0.444. The molecule has 5 nitrogen and oxygen atoms in total. The molecule has 0 saturated heterocycles. The number of thiazole rings is 1. The molecule has 1 aliphatic rings. The lowest BCUT2D eigenvalue weighted by Crippen LogP contribution is -2.32. The second kappa shape index (κ2) is 7.21. The van der Waals surface area contributed by atoms with Gasteiger partial charge in [-0.1, -0.05) is 12.8 Å². The van der Waals surface area contributed by atoms with Crippen LogP contribution in [0, 0.1) is 6.92 Å². The molecule has 1 aliphatic carbocycles. The average Bonchev–Trinajstić information content (AvgIpc) is 3.23. The highest BCUT2D eigenvalue weighted by Crippen LogP contribution is 2.35. The van der Waals surface area contributed by atoms with Crippen molar-refractivity contribution in [3.8, 4) is 22.1 Å². The summed E-state index contributed by atoms with van der Waals surface area (Å²) in [5, 5.41) is 3.94. The van der Waals surface area contributed by atoms with Gasteiger partial charge in [-0.2, -0.15) is 0 Å². The van der Waals surface area contributed by atoms with Crippen molar-refractivity contribution in [2.45, 2.75) is 38.6 Å². The van der Waals surface area contributed by atoms with Gasteiger partial charge in [-0.25, -0.2) is 4.98 Å². The summed E-state index contributed by atoms with van der Waals surface area (Å²) in [6, 6.07) is 5.97. The molecule has 0 atom stereocenters. The lowest BCUT2D eigenvalue weighted by atomic mass is 10.2. The predicted octanol–water partition coefficient (Wildman–Crippen LogP) is 3.81. The van der Waals surface area contributed by atoms with Gasteiger partial charge in [0.2, 0.25) is 0 Å². The molecule has 0 bridgehead atoms. The number of amides is 1. The monoisotopic (exact) mass is 346 g/mol. The molecule has 1 aromatic heterocycles. The Morgan fingerprint density at radius 3 is 2.58 bits per heavy atom. The number of nitrogens with one attached hydrogen (secondary N) is 1. The van der Waals surface area contributed by atoms with Crippen LogP contribution in [0.15, 0.2) is 18.2 Å². The molecule has 1 fully saturated rings. The third-order valence-electron chi connectivity index (χ3n) is 4.32. The quantitative estimate of drug-likeness (QED) is 0.894. The van der Waals surface area contributed by atoms with E-state index in [1.54, 1.807) is 14.2 Å². The Balaban J connectivity index is 1.84. The Labute approximate surface area is 146 Å². The third kappa shape index (κ3) is 3.38. The molecule has 3 rings (SSSR count). The number of nitrogens with zero attached hydrogens (tertiary/aromatic N) is 1. The number of hydrogen-bond donors (Lipinski definition) is 1. The molecule has 0 unspecified atom stereocenters. The molecule has 1 aromatic carbocycles. The molecule has 2 aromatic rings. The van der Waals surface area contributed by atoms with Crippen molar-refractivity contribution in [1.29, 1.82) is 0 Å². The highest BCUT2D eigenvalue weighted by molar-refractivity contribution is 7.17. The molecule has 6 heteroatoms. The minimum absolute atomic E-state index is 0.0105. The van der Waals surface area contributed by atoms with Gasteiger partial charge < -0.3 is 14.8 Å². The van der Waals surface area contributed by atoms with Gasteiger partial charge in [-0.15, -0.1) is 11.3 Å². The normalized spacial score (nSPS) is 14.6. The third-order valence-corrected chi connectivity index (χ3v) is 5.53. The van der Waals surface area contributed by atoms with Crippen LogP contribution in [-0.4, -0.2) is 31.2 Å². The maximum Gasteiger partial charge on any atom is 0.263 e. The molecule has 128 valence electrons. The Morgan fingerprint density at radius 2 is 1.92 bits per heavy atom. The van der Waals surface area contributed by atoms with E-state index in [1.807, 2.05) is 25.1 Å². The summed E-state index contributed by atoms with van der Waals surface area (Å²) in [5.74, 6) is 1.32. The number of carbonyl (C=O) groups excluding carboxylic acids is 1. The van der Waals surface area contributed by atoms with E-state index in [0.717, 1.165) is 29.1 Å². The first-order chi connectivity index (χ1) is 11.6. The topological polar surface area (TPSA) is 60.5 Å². The maximum absolute atomic E-state index is 12.5. The van der Waals surface area contributed by atoms with Crippen molar-refractivity contribution >= 4 is 17.2 Å². The molecule has 1 amide bonds. The number of benzene rings is 1. The van der Waals surface area contributed by atoms with Gasteiger partial charge in [0.15, 0.2) is 11.5 Å². The highest BCUT2D eigenvalue weighted by atomic mass is 32.1. The summed E-state index contributed by atoms with van der Waals surface area (Å²) in [6.07, 6.45) is 4.55. The molecule has 0 spiro atoms. The molecule has 1 saturated carbocycles. The summed E-state index contributed by atoms with van der Waals surface area (Å²) in [7, 11) is 3.21. The van der Waals surface area contributed by atoms with Crippen molar-refractivity contribution in [2.24, 2.45) is 0 Å². The first-order valence-corrected chi connectivity index (χ1v) is 8.94. The molecule has 0 radical (unpaired) electrons. The van der Waals surface area contributed by atoms with Crippen LogP contribution < -0.4 is 14.8 Å². The summed E-state index contributed by atoms with van der Waals surface area (Å²) in [4.78, 5) is 17.8. The van der Waals surface area contributed by atoms with Crippen LogP contribution in [0.4, 0.5) is 0 Å². The van der Waals surface area contributed by atoms with Gasteiger partial charge in [0.25, 0.3) is 5.91 Å². The molecular formula is C18H22N2O3S. The first kappa shape index (κ1) is 16.8. The van der Waals surface area contributed by atoms with Crippen molar-refractivity contribution in [1.82, 2.24) is 10.3 Å². The lowest BCUT2D eigenvalue weighted by molar-refractivity contribution is 0.0941. The summed E-state index contributed by atoms with van der Waals surface area (Å²) >= 11 is 1.42. The van der Waals surface area contributed by atoms with Gasteiger partial charge in [-0.3, -0.25) is 4.79 Å². The van der Waals surface area contributed by atoms with Crippen LogP contribution in [0.25, 0.3) is 10.6 Å². The van der Waals surface area contributed by atoms with E-state index in [9.17, 15) is 4.79 Å². The number of carbonyl (C=O) groups is 1. The predicted molar refractivity (Wildman–Crippen MR) is 95.1 cm³/mol. The summed E-state index contributed by atoms with van der Waals surface area (Å²) < 4.78 is 10.6. The zero-order chi connectivity index (χ0) is 17.1. The van der Waals surface area contributed by atoms with Crippen molar-refractivity contribution in [3.05, 3.63) is 28.8 Å². The average molecular weight is 346 g/mol. The Hall–Kier alpha value is -2.08. The van der Waals surface area contributed by atoms with E-state index in [4.69, 9.17) is 9.47 Å². The second-order valence-electron chi connectivity index (χ2n) is 5.96. The number of rotatable bonds is 5. The SMILES string of the molecule is COc1ccc(-c2nc(C)c(C(=O)NC3CCCC3)s2)cc1OC. The molecule has 24 heavy (non-hydrogen) atoms. The fourth-order valence-corrected chi connectivity index (χ4v) is 3.99. The van der Waals surface area contributed by atoms with E-state index >= 15 is 0 Å². The Bertz CT molecular complexity index is 736. The van der Waals surface area contributed by atoms with Crippen molar-refractivity contribution in [2.75, 3.05) is 14.2 Å². The minimum Gasteiger partial charge on any atom is -0.493 e. The van der Waals surface area contributed by atoms with Gasteiger partial charge in [-0.05, 0) is 38.0 Å². The van der Waals surface area contributed by atoms with Gasteiger partial charge >= 0.3 is 0 Å². The fourth-order valence-electron chi connectivity index (χ4n) is 3.02. The zero-order valence-corrected chi connectivity index (χ0v) is 15.0. The van der Waals surface area contributed by atoms with E-state index in [1.165, 1.54) is 24.2 Å². The number of methoxy groups -OCH3 is 2. The Morgan fingerprint density at radius 1 is 1.21 bits per heavy atom. The number of ether oxygens (including phenoxy) is 2. The molecule has 1 N–H and O–H groups in total. The van der Waals surface area contributed by atoms with Crippen LogP contribution in [0.2, 0.25) is 0 Å². The van der Waals surface area contributed by atoms with Crippen molar-refractivity contribution < 1.29 is 14.3 Å². The summed E-state index contributed by atoms with van der Waals surface area (Å²) in [5.41, 5.74) is 1.68. The molecule has 0 aliphatic heterocycles. The van der Waals surface area contributed by atoms with Gasteiger partial charge in [0.1, 0.15) is 9.88 Å². The van der Waals surface area contributed by atoms with Crippen LogP contribution in [0.3, 0.4) is 0 Å². The number of hydrogen-bond acceptors (Lipinski definition) is 5. The maximum atomic E-state index is 12.5. The second-order valence-corrected chi connectivity index (χ2v) is 6.96. The van der Waals surface area contributed by atoms with Crippen LogP contribution >= 0.6 is 11.3 Å². The minimum atomic E-state index is -0.0105. The first-order valence-electron chi connectivity index (χ1n) is 8.13. The summed E-state index contributed by atoms with van der Waals surface area (Å²) in [6.45, 7) is 1.88. The van der Waals surface area contributed by atoms with Crippen LogP contribution in [0.5, 0.6) is 11.5 Å². The Kier molecular flexibility index (Phi) is 5.04. The van der Waals surface area contributed by atoms with Crippen LogP contribution in [0.1, 0.15) is 41.0 Å². The standard InChI is InChI=1S/C18H22N2O3S/c1-11-16(17(21)20-13-6-4-5-7-13)24-18(19-11)12-8-9-14(22-2)15(10-12)23-3/h8-10,13H,4-7H2,1-3H3,(H,20,21). The number of aryl methyl sites for hydroxylation is 1. The smallest absolute Gasteiger partial charge is 0.263 e. The van der Waals surface area contributed by atoms with Gasteiger partial charge in [0, 0.05) is 11.6 Å². The highest BCUT2D eigenvalue weighted by Gasteiger charge is 2.22. The molecule has 1 heterocycles. The molecular weight excluding hydrogens is 324 g/mol. The van der Waals surface area contributed by atoms with E-state index < -0.39 is 0 Å². The van der Waals surface area contributed by atoms with Crippen molar-refractivity contribution in [3.63, 3.8) is 0 Å². The van der Waals surface area contributed by atoms with E-state index in [2.05, 4.69) is 10.3 Å².